The lowest BCUT2D eigenvalue weighted by molar-refractivity contribution is 0.438. The number of halogens is 1. The minimum absolute atomic E-state index is 0.0387. The molecule has 14 heavy (non-hydrogen) atoms. The smallest absolute Gasteiger partial charge is 0.138 e. The maximum Gasteiger partial charge on any atom is 0.138 e. The average Bonchev–Trinajstić information content (AvgIpc) is 2.06. The van der Waals surface area contributed by atoms with Crippen LogP contribution in [0.15, 0.2) is 16.6 Å². The second-order valence-corrected chi connectivity index (χ2v) is 4.60. The van der Waals surface area contributed by atoms with Crippen molar-refractivity contribution < 1.29 is 5.11 Å². The van der Waals surface area contributed by atoms with E-state index in [4.69, 9.17) is 11.0 Å². The molecule has 0 radical (unpaired) electrons. The summed E-state index contributed by atoms with van der Waals surface area (Å²) in [6, 6.07) is 5.19. The third kappa shape index (κ3) is 2.06. The number of benzene rings is 1. The van der Waals surface area contributed by atoms with E-state index in [1.54, 1.807) is 26.0 Å². The van der Waals surface area contributed by atoms with E-state index in [1.807, 2.05) is 6.07 Å². The normalized spacial score (nSPS) is 11.1. The zero-order chi connectivity index (χ0) is 10.9. The Kier molecular flexibility index (Phi) is 2.84. The monoisotopic (exact) mass is 254 g/mol. The predicted octanol–water partition coefficient (Wildman–Crippen LogP) is 2.22. The molecule has 4 heteroatoms. The molecular formula is C10H11BrN2O. The van der Waals surface area contributed by atoms with E-state index in [1.165, 1.54) is 0 Å². The second kappa shape index (κ2) is 3.60. The van der Waals surface area contributed by atoms with Gasteiger partial charge >= 0.3 is 0 Å². The van der Waals surface area contributed by atoms with Gasteiger partial charge < -0.3 is 10.8 Å². The number of aromatic hydroxyl groups is 1. The van der Waals surface area contributed by atoms with Crippen LogP contribution in [0.3, 0.4) is 0 Å². The van der Waals surface area contributed by atoms with Gasteiger partial charge in [-0.15, -0.1) is 0 Å². The van der Waals surface area contributed by atoms with Crippen LogP contribution in [-0.2, 0) is 5.54 Å². The second-order valence-electron chi connectivity index (χ2n) is 3.68. The molecule has 1 aromatic rings. The first-order chi connectivity index (χ1) is 6.36. The molecule has 0 saturated heterocycles. The van der Waals surface area contributed by atoms with Crippen LogP contribution >= 0.6 is 15.9 Å². The summed E-state index contributed by atoms with van der Waals surface area (Å²) >= 11 is 3.26. The van der Waals surface area contributed by atoms with Crippen molar-refractivity contribution in [3.8, 4) is 11.8 Å². The zero-order valence-electron chi connectivity index (χ0n) is 8.00. The maximum absolute atomic E-state index is 9.73. The molecule has 0 bridgehead atoms. The van der Waals surface area contributed by atoms with Gasteiger partial charge in [-0.1, -0.05) is 15.9 Å². The SMILES string of the molecule is CC(C)(N)c1cc(Br)cc(C#N)c1O. The quantitative estimate of drug-likeness (QED) is 0.808. The van der Waals surface area contributed by atoms with Gasteiger partial charge in [0.2, 0.25) is 0 Å². The first kappa shape index (κ1) is 11.0. The van der Waals surface area contributed by atoms with Crippen LogP contribution in [0.1, 0.15) is 25.0 Å². The molecule has 0 aliphatic carbocycles. The number of nitriles is 1. The summed E-state index contributed by atoms with van der Waals surface area (Å²) in [5, 5.41) is 18.5. The highest BCUT2D eigenvalue weighted by atomic mass is 79.9. The Labute approximate surface area is 91.3 Å². The number of hydrogen-bond donors (Lipinski definition) is 2. The maximum atomic E-state index is 9.73. The van der Waals surface area contributed by atoms with Crippen LogP contribution < -0.4 is 5.73 Å². The zero-order valence-corrected chi connectivity index (χ0v) is 9.59. The molecule has 1 rings (SSSR count). The molecule has 1 aromatic carbocycles. The summed E-state index contributed by atoms with van der Waals surface area (Å²) in [5.41, 5.74) is 5.98. The molecule has 0 unspecified atom stereocenters. The number of phenols is 1. The Morgan fingerprint density at radius 2 is 2.07 bits per heavy atom. The molecule has 0 saturated carbocycles. The van der Waals surface area contributed by atoms with E-state index < -0.39 is 5.54 Å². The predicted molar refractivity (Wildman–Crippen MR) is 57.7 cm³/mol. The minimum atomic E-state index is -0.667. The van der Waals surface area contributed by atoms with Gasteiger partial charge in [-0.3, -0.25) is 0 Å². The van der Waals surface area contributed by atoms with E-state index >= 15 is 0 Å². The number of nitrogens with two attached hydrogens (primary N) is 1. The fraction of sp³-hybridized carbons (Fsp3) is 0.300. The summed E-state index contributed by atoms with van der Waals surface area (Å²) in [6.07, 6.45) is 0. The Morgan fingerprint density at radius 3 is 2.50 bits per heavy atom. The van der Waals surface area contributed by atoms with E-state index in [0.29, 0.717) is 5.56 Å². The molecule has 0 aromatic heterocycles. The third-order valence-electron chi connectivity index (χ3n) is 1.89. The van der Waals surface area contributed by atoms with Crippen molar-refractivity contribution in [3.63, 3.8) is 0 Å². The lowest BCUT2D eigenvalue weighted by atomic mass is 9.93. The molecule has 0 spiro atoms. The first-order valence-corrected chi connectivity index (χ1v) is 4.87. The summed E-state index contributed by atoms with van der Waals surface area (Å²) in [4.78, 5) is 0. The molecule has 0 heterocycles. The van der Waals surface area contributed by atoms with E-state index in [0.717, 1.165) is 4.47 Å². The van der Waals surface area contributed by atoms with Crippen molar-refractivity contribution in [2.45, 2.75) is 19.4 Å². The van der Waals surface area contributed by atoms with Gasteiger partial charge in [-0.2, -0.15) is 5.26 Å². The van der Waals surface area contributed by atoms with Gasteiger partial charge in [0, 0.05) is 15.6 Å². The highest BCUT2D eigenvalue weighted by molar-refractivity contribution is 9.10. The number of rotatable bonds is 1. The van der Waals surface area contributed by atoms with Gasteiger partial charge in [0.1, 0.15) is 11.8 Å². The van der Waals surface area contributed by atoms with Gasteiger partial charge in [0.15, 0.2) is 0 Å². The molecule has 3 N–H and O–H groups in total. The Morgan fingerprint density at radius 1 is 1.50 bits per heavy atom. The van der Waals surface area contributed by atoms with Gasteiger partial charge in [0.25, 0.3) is 0 Å². The number of phenolic OH excluding ortho intramolecular Hbond substituents is 1. The molecule has 0 amide bonds. The van der Waals surface area contributed by atoms with E-state index in [2.05, 4.69) is 15.9 Å². The lowest BCUT2D eigenvalue weighted by Crippen LogP contribution is -2.28. The largest absolute Gasteiger partial charge is 0.506 e. The number of hydrogen-bond acceptors (Lipinski definition) is 3. The topological polar surface area (TPSA) is 70.0 Å². The minimum Gasteiger partial charge on any atom is -0.506 e. The highest BCUT2D eigenvalue weighted by Gasteiger charge is 2.21. The van der Waals surface area contributed by atoms with Gasteiger partial charge in [-0.05, 0) is 26.0 Å². The van der Waals surface area contributed by atoms with Crippen LogP contribution in [-0.4, -0.2) is 5.11 Å². The Balaban J connectivity index is 3.47. The lowest BCUT2D eigenvalue weighted by Gasteiger charge is -2.21. The van der Waals surface area contributed by atoms with Crippen molar-refractivity contribution >= 4 is 15.9 Å². The molecular weight excluding hydrogens is 244 g/mol. The fourth-order valence-electron chi connectivity index (χ4n) is 1.18. The van der Waals surface area contributed by atoms with Crippen LogP contribution in [0, 0.1) is 11.3 Å². The summed E-state index contributed by atoms with van der Waals surface area (Å²) in [7, 11) is 0. The van der Waals surface area contributed by atoms with Crippen LogP contribution in [0.25, 0.3) is 0 Å². The van der Waals surface area contributed by atoms with Gasteiger partial charge in [-0.25, -0.2) is 0 Å². The van der Waals surface area contributed by atoms with E-state index in [-0.39, 0.29) is 11.3 Å². The van der Waals surface area contributed by atoms with Crippen LogP contribution in [0.2, 0.25) is 0 Å². The molecule has 0 atom stereocenters. The van der Waals surface area contributed by atoms with Crippen molar-refractivity contribution in [2.75, 3.05) is 0 Å². The average molecular weight is 255 g/mol. The molecule has 0 aliphatic heterocycles. The van der Waals surface area contributed by atoms with Crippen LogP contribution in [0.5, 0.6) is 5.75 Å². The Bertz CT molecular complexity index is 402. The Hall–Kier alpha value is -1.05. The third-order valence-corrected chi connectivity index (χ3v) is 2.35. The number of nitrogens with zero attached hydrogens (tertiary/aromatic N) is 1. The first-order valence-electron chi connectivity index (χ1n) is 4.08. The van der Waals surface area contributed by atoms with Crippen LogP contribution in [0.4, 0.5) is 0 Å². The molecule has 0 fully saturated rings. The standard InChI is InChI=1S/C10H11BrN2O/c1-10(2,13)8-4-7(11)3-6(5-12)9(8)14/h3-4,14H,13H2,1-2H3. The summed E-state index contributed by atoms with van der Waals surface area (Å²) in [5.74, 6) is -0.0387. The van der Waals surface area contributed by atoms with Crippen molar-refractivity contribution in [1.29, 1.82) is 5.26 Å². The van der Waals surface area contributed by atoms with Crippen molar-refractivity contribution in [3.05, 3.63) is 27.7 Å². The molecule has 3 nitrogen and oxygen atoms in total. The summed E-state index contributed by atoms with van der Waals surface area (Å²) in [6.45, 7) is 3.55. The molecule has 0 aliphatic rings. The highest BCUT2D eigenvalue weighted by Crippen LogP contribution is 2.32. The van der Waals surface area contributed by atoms with Gasteiger partial charge in [0.05, 0.1) is 5.56 Å². The van der Waals surface area contributed by atoms with Crippen molar-refractivity contribution in [2.24, 2.45) is 5.73 Å². The van der Waals surface area contributed by atoms with E-state index in [9.17, 15) is 5.11 Å². The summed E-state index contributed by atoms with van der Waals surface area (Å²) < 4.78 is 0.736. The fourth-order valence-corrected chi connectivity index (χ4v) is 1.63. The van der Waals surface area contributed by atoms with Crippen molar-refractivity contribution in [1.82, 2.24) is 0 Å². The molecule has 74 valence electrons.